The van der Waals surface area contributed by atoms with Crippen LogP contribution in [0.25, 0.3) is 0 Å². The van der Waals surface area contributed by atoms with E-state index in [9.17, 15) is 9.00 Å². The molecule has 0 spiro atoms. The highest BCUT2D eigenvalue weighted by molar-refractivity contribution is 7.85. The summed E-state index contributed by atoms with van der Waals surface area (Å²) in [5.41, 5.74) is 2.21. The van der Waals surface area contributed by atoms with Gasteiger partial charge in [-0.2, -0.15) is 0 Å². The summed E-state index contributed by atoms with van der Waals surface area (Å²) in [6, 6.07) is 10.6. The van der Waals surface area contributed by atoms with E-state index in [1.54, 1.807) is 30.6 Å². The lowest BCUT2D eigenvalue weighted by molar-refractivity contribution is 0.262. The van der Waals surface area contributed by atoms with E-state index in [2.05, 4.69) is 15.6 Å². The van der Waals surface area contributed by atoms with E-state index < -0.39 is 10.8 Å². The first kappa shape index (κ1) is 17.1. The Labute approximate surface area is 139 Å². The summed E-state index contributed by atoms with van der Waals surface area (Å²) in [5, 5.41) is 5.47. The molecule has 1 aromatic carbocycles. The second kappa shape index (κ2) is 7.37. The van der Waals surface area contributed by atoms with Crippen molar-refractivity contribution in [3.63, 3.8) is 0 Å². The molecule has 1 heterocycles. The van der Waals surface area contributed by atoms with Crippen LogP contribution in [0.15, 0.2) is 48.8 Å². The average molecular weight is 331 g/mol. The number of benzene rings is 1. The third-order valence-corrected chi connectivity index (χ3v) is 5.05. The van der Waals surface area contributed by atoms with Crippen molar-refractivity contribution in [1.29, 1.82) is 0 Å². The number of nitrogens with zero attached hydrogens (tertiary/aromatic N) is 1. The quantitative estimate of drug-likeness (QED) is 0.896. The van der Waals surface area contributed by atoms with Crippen LogP contribution in [0.5, 0.6) is 0 Å². The third kappa shape index (κ3) is 5.49. The number of nitrogens with one attached hydrogen (secondary N) is 2. The summed E-state index contributed by atoms with van der Waals surface area (Å²) in [6.45, 7) is 5.85. The maximum atomic E-state index is 12.2. The second-order valence-electron chi connectivity index (χ2n) is 6.12. The normalized spacial score (nSPS) is 12.5. The van der Waals surface area contributed by atoms with Crippen LogP contribution in [0.2, 0.25) is 0 Å². The van der Waals surface area contributed by atoms with Crippen LogP contribution in [0, 0.1) is 0 Å². The zero-order chi connectivity index (χ0) is 16.9. The standard InChI is InChI=1S/C17H21N3O2S/c1-17(2,3)23(22)12-13-6-4-7-14(10-13)19-16(21)20-15-8-5-9-18-11-15/h4-11H,12H2,1-3H3,(H2,19,20,21). The fraction of sp³-hybridized carbons (Fsp3) is 0.294. The van der Waals surface area contributed by atoms with Crippen molar-refractivity contribution in [1.82, 2.24) is 4.98 Å². The number of hydrogen-bond donors (Lipinski definition) is 2. The lowest BCUT2D eigenvalue weighted by Crippen LogP contribution is -2.23. The first-order chi connectivity index (χ1) is 10.8. The Kier molecular flexibility index (Phi) is 5.50. The molecule has 1 aromatic heterocycles. The number of aromatic nitrogens is 1. The minimum Gasteiger partial charge on any atom is -0.308 e. The van der Waals surface area contributed by atoms with Crippen molar-refractivity contribution in [2.24, 2.45) is 0 Å². The minimum absolute atomic E-state index is 0.263. The molecule has 0 aliphatic carbocycles. The van der Waals surface area contributed by atoms with E-state index >= 15 is 0 Å². The molecule has 1 atom stereocenters. The predicted molar refractivity (Wildman–Crippen MR) is 94.9 cm³/mol. The molecule has 0 radical (unpaired) electrons. The number of carbonyl (C=O) groups excluding carboxylic acids is 1. The maximum absolute atomic E-state index is 12.2. The van der Waals surface area contributed by atoms with Gasteiger partial charge in [0, 0.05) is 33.2 Å². The van der Waals surface area contributed by atoms with Gasteiger partial charge in [0.2, 0.25) is 0 Å². The Morgan fingerprint density at radius 3 is 2.48 bits per heavy atom. The number of amides is 2. The molecule has 0 fully saturated rings. The van der Waals surface area contributed by atoms with Gasteiger partial charge in [-0.15, -0.1) is 0 Å². The van der Waals surface area contributed by atoms with Crippen molar-refractivity contribution in [3.05, 3.63) is 54.4 Å². The first-order valence-electron chi connectivity index (χ1n) is 7.30. The van der Waals surface area contributed by atoms with Gasteiger partial charge in [-0.05, 0) is 50.6 Å². The fourth-order valence-corrected chi connectivity index (χ4v) is 2.75. The van der Waals surface area contributed by atoms with E-state index in [0.29, 0.717) is 17.1 Å². The number of urea groups is 1. The Bertz CT molecular complexity index is 696. The van der Waals surface area contributed by atoms with E-state index in [1.165, 1.54) is 0 Å². The molecule has 2 amide bonds. The van der Waals surface area contributed by atoms with Crippen molar-refractivity contribution < 1.29 is 9.00 Å². The Morgan fingerprint density at radius 2 is 1.83 bits per heavy atom. The van der Waals surface area contributed by atoms with Gasteiger partial charge in [0.15, 0.2) is 0 Å². The molecule has 5 nitrogen and oxygen atoms in total. The summed E-state index contributed by atoms with van der Waals surface area (Å²) >= 11 is 0. The Balaban J connectivity index is 2.00. The zero-order valence-corrected chi connectivity index (χ0v) is 14.3. The fourth-order valence-electron chi connectivity index (χ4n) is 1.84. The van der Waals surface area contributed by atoms with Crippen molar-refractivity contribution in [2.45, 2.75) is 31.3 Å². The van der Waals surface area contributed by atoms with Crippen LogP contribution in [0.4, 0.5) is 16.2 Å². The largest absolute Gasteiger partial charge is 0.323 e. The van der Waals surface area contributed by atoms with E-state index in [-0.39, 0.29) is 10.8 Å². The number of rotatable bonds is 4. The predicted octanol–water partition coefficient (Wildman–Crippen LogP) is 3.77. The number of anilines is 2. The van der Waals surface area contributed by atoms with Gasteiger partial charge in [-0.3, -0.25) is 9.19 Å². The summed E-state index contributed by atoms with van der Waals surface area (Å²) in [5.74, 6) is 0.462. The number of hydrogen-bond acceptors (Lipinski definition) is 3. The monoisotopic (exact) mass is 331 g/mol. The van der Waals surface area contributed by atoms with Gasteiger partial charge in [-0.1, -0.05) is 12.1 Å². The molecule has 23 heavy (non-hydrogen) atoms. The summed E-state index contributed by atoms with van der Waals surface area (Å²) < 4.78 is 12.0. The third-order valence-electron chi connectivity index (χ3n) is 3.09. The summed E-state index contributed by atoms with van der Waals surface area (Å²) in [6.07, 6.45) is 3.21. The lowest BCUT2D eigenvalue weighted by atomic mass is 10.2. The molecule has 122 valence electrons. The van der Waals surface area contributed by atoms with Crippen LogP contribution in [0.3, 0.4) is 0 Å². The van der Waals surface area contributed by atoms with Crippen molar-refractivity contribution >= 4 is 28.2 Å². The minimum atomic E-state index is -0.977. The van der Waals surface area contributed by atoms with E-state index in [0.717, 1.165) is 5.56 Å². The smallest absolute Gasteiger partial charge is 0.308 e. The summed E-state index contributed by atoms with van der Waals surface area (Å²) in [7, 11) is -0.977. The molecule has 1 unspecified atom stereocenters. The van der Waals surface area contributed by atoms with Gasteiger partial charge in [0.1, 0.15) is 0 Å². The SMILES string of the molecule is CC(C)(C)S(=O)Cc1cccc(NC(=O)Nc2cccnc2)c1. The van der Waals surface area contributed by atoms with Crippen LogP contribution >= 0.6 is 0 Å². The highest BCUT2D eigenvalue weighted by Crippen LogP contribution is 2.19. The van der Waals surface area contributed by atoms with Crippen LogP contribution in [-0.4, -0.2) is 20.0 Å². The van der Waals surface area contributed by atoms with Crippen molar-refractivity contribution in [2.75, 3.05) is 10.6 Å². The van der Waals surface area contributed by atoms with Gasteiger partial charge in [-0.25, -0.2) is 4.79 Å². The Morgan fingerprint density at radius 1 is 1.13 bits per heavy atom. The van der Waals surface area contributed by atoms with Gasteiger partial charge < -0.3 is 10.6 Å². The lowest BCUT2D eigenvalue weighted by Gasteiger charge is -2.18. The molecule has 2 rings (SSSR count). The molecule has 0 bridgehead atoms. The molecule has 0 saturated heterocycles. The topological polar surface area (TPSA) is 71.1 Å². The molecule has 0 aliphatic rings. The number of pyridine rings is 1. The molecule has 6 heteroatoms. The average Bonchev–Trinajstić information content (AvgIpc) is 2.47. The molecule has 0 aliphatic heterocycles. The second-order valence-corrected chi connectivity index (χ2v) is 8.33. The van der Waals surface area contributed by atoms with Gasteiger partial charge >= 0.3 is 6.03 Å². The first-order valence-corrected chi connectivity index (χ1v) is 8.62. The highest BCUT2D eigenvalue weighted by Gasteiger charge is 2.19. The molecular formula is C17H21N3O2S. The molecule has 2 aromatic rings. The molecule has 2 N–H and O–H groups in total. The maximum Gasteiger partial charge on any atom is 0.323 e. The highest BCUT2D eigenvalue weighted by atomic mass is 32.2. The molecule has 0 saturated carbocycles. The molecular weight excluding hydrogens is 310 g/mol. The van der Waals surface area contributed by atoms with Crippen LogP contribution < -0.4 is 10.6 Å². The number of carbonyl (C=O) groups is 1. The van der Waals surface area contributed by atoms with Crippen LogP contribution in [-0.2, 0) is 16.6 Å². The summed E-state index contributed by atoms with van der Waals surface area (Å²) in [4.78, 5) is 15.9. The van der Waals surface area contributed by atoms with Crippen LogP contribution in [0.1, 0.15) is 26.3 Å². The zero-order valence-electron chi connectivity index (χ0n) is 13.5. The van der Waals surface area contributed by atoms with E-state index in [1.807, 2.05) is 39.0 Å². The van der Waals surface area contributed by atoms with Crippen molar-refractivity contribution in [3.8, 4) is 0 Å². The van der Waals surface area contributed by atoms with E-state index in [4.69, 9.17) is 0 Å². The van der Waals surface area contributed by atoms with Gasteiger partial charge in [0.25, 0.3) is 0 Å². The Hall–Kier alpha value is -2.21. The van der Waals surface area contributed by atoms with Gasteiger partial charge in [0.05, 0.1) is 11.9 Å².